The molecular formula is C15H17N3OS. The van der Waals surface area contributed by atoms with Gasteiger partial charge in [-0.15, -0.1) is 11.3 Å². The van der Waals surface area contributed by atoms with E-state index in [0.29, 0.717) is 12.5 Å². The molecule has 1 fully saturated rings. The molecule has 1 aliphatic heterocycles. The lowest BCUT2D eigenvalue weighted by atomic mass is 9.93. The minimum absolute atomic E-state index is 0.107. The number of nitrogens with zero attached hydrogens (tertiary/aromatic N) is 2. The number of fused-ring (bicyclic) bond motifs is 1. The molecule has 1 N–H and O–H groups in total. The average Bonchev–Trinajstić information content (AvgIpc) is 3.18. The van der Waals surface area contributed by atoms with Gasteiger partial charge in [-0.2, -0.15) is 5.10 Å². The number of carbonyl (C=O) groups is 1. The third-order valence-corrected chi connectivity index (χ3v) is 5.39. The molecule has 0 spiro atoms. The number of carbonyl (C=O) groups excluding carboxylic acids is 1. The number of hydrogen-bond acceptors (Lipinski definition) is 3. The van der Waals surface area contributed by atoms with Crippen LogP contribution in [0.25, 0.3) is 0 Å². The van der Waals surface area contributed by atoms with Crippen LogP contribution in [0.3, 0.4) is 0 Å². The van der Waals surface area contributed by atoms with Crippen LogP contribution < -0.4 is 5.32 Å². The van der Waals surface area contributed by atoms with Crippen molar-refractivity contribution < 1.29 is 4.79 Å². The average molecular weight is 287 g/mol. The van der Waals surface area contributed by atoms with Gasteiger partial charge < -0.3 is 5.32 Å². The van der Waals surface area contributed by atoms with Gasteiger partial charge >= 0.3 is 0 Å². The Morgan fingerprint density at radius 2 is 2.20 bits per heavy atom. The maximum atomic E-state index is 12.0. The van der Waals surface area contributed by atoms with Crippen LogP contribution in [-0.2, 0) is 4.79 Å². The third-order valence-electron chi connectivity index (χ3n) is 4.40. The molecule has 1 aliphatic carbocycles. The van der Waals surface area contributed by atoms with E-state index in [2.05, 4.69) is 26.5 Å². The van der Waals surface area contributed by atoms with Crippen LogP contribution in [0.5, 0.6) is 0 Å². The Bertz CT molecular complexity index is 626. The van der Waals surface area contributed by atoms with E-state index in [0.717, 1.165) is 5.82 Å². The van der Waals surface area contributed by atoms with Crippen molar-refractivity contribution in [2.75, 3.05) is 5.32 Å². The van der Waals surface area contributed by atoms with Crippen molar-refractivity contribution in [2.24, 2.45) is 0 Å². The molecule has 2 aliphatic rings. The van der Waals surface area contributed by atoms with Crippen LogP contribution in [0.2, 0.25) is 0 Å². The number of rotatable bonds is 2. The summed E-state index contributed by atoms with van der Waals surface area (Å²) in [5.41, 5.74) is 1.18. The SMILES string of the molecule is O=C1CC(c2cccs2)c2cnn(C3CCCC3)c2N1. The van der Waals surface area contributed by atoms with Gasteiger partial charge in [0.1, 0.15) is 5.82 Å². The molecule has 0 radical (unpaired) electrons. The van der Waals surface area contributed by atoms with Crippen LogP contribution in [0.4, 0.5) is 5.82 Å². The van der Waals surface area contributed by atoms with Crippen LogP contribution >= 0.6 is 11.3 Å². The lowest BCUT2D eigenvalue weighted by Crippen LogP contribution is -2.25. The van der Waals surface area contributed by atoms with Crippen molar-refractivity contribution >= 4 is 23.1 Å². The number of hydrogen-bond donors (Lipinski definition) is 1. The highest BCUT2D eigenvalue weighted by molar-refractivity contribution is 7.10. The second-order valence-corrected chi connectivity index (χ2v) is 6.63. The van der Waals surface area contributed by atoms with Crippen LogP contribution in [0, 0.1) is 0 Å². The van der Waals surface area contributed by atoms with Gasteiger partial charge in [-0.3, -0.25) is 4.79 Å². The molecule has 0 bridgehead atoms. The Labute approximate surface area is 121 Å². The van der Waals surface area contributed by atoms with Gasteiger partial charge in [-0.05, 0) is 24.3 Å². The van der Waals surface area contributed by atoms with E-state index in [9.17, 15) is 4.79 Å². The molecular weight excluding hydrogens is 270 g/mol. The quantitative estimate of drug-likeness (QED) is 0.918. The van der Waals surface area contributed by atoms with Gasteiger partial charge in [0, 0.05) is 22.8 Å². The van der Waals surface area contributed by atoms with Crippen LogP contribution in [0.1, 0.15) is 54.5 Å². The topological polar surface area (TPSA) is 46.9 Å². The maximum Gasteiger partial charge on any atom is 0.226 e. The van der Waals surface area contributed by atoms with Gasteiger partial charge in [0.25, 0.3) is 0 Å². The maximum absolute atomic E-state index is 12.0. The fourth-order valence-corrected chi connectivity index (χ4v) is 4.25. The summed E-state index contributed by atoms with van der Waals surface area (Å²) < 4.78 is 2.06. The highest BCUT2D eigenvalue weighted by Gasteiger charge is 2.32. The van der Waals surface area contributed by atoms with Gasteiger partial charge in [0.05, 0.1) is 12.2 Å². The zero-order valence-electron chi connectivity index (χ0n) is 11.2. The summed E-state index contributed by atoms with van der Waals surface area (Å²) in [6.45, 7) is 0. The van der Waals surface area contributed by atoms with Gasteiger partial charge in [0.15, 0.2) is 0 Å². The van der Waals surface area contributed by atoms with Gasteiger partial charge in [-0.1, -0.05) is 18.9 Å². The zero-order valence-corrected chi connectivity index (χ0v) is 12.0. The van der Waals surface area contributed by atoms with E-state index in [1.807, 2.05) is 12.3 Å². The van der Waals surface area contributed by atoms with Crippen molar-refractivity contribution in [3.05, 3.63) is 34.2 Å². The summed E-state index contributed by atoms with van der Waals surface area (Å²) in [6.07, 6.45) is 7.37. The van der Waals surface area contributed by atoms with E-state index in [-0.39, 0.29) is 11.8 Å². The number of amides is 1. The summed E-state index contributed by atoms with van der Waals surface area (Å²) in [5, 5.41) is 9.70. The van der Waals surface area contributed by atoms with Crippen LogP contribution in [-0.4, -0.2) is 15.7 Å². The molecule has 0 saturated heterocycles. The lowest BCUT2D eigenvalue weighted by molar-refractivity contribution is -0.116. The minimum atomic E-state index is 0.107. The Kier molecular flexibility index (Phi) is 2.88. The van der Waals surface area contributed by atoms with E-state index >= 15 is 0 Å². The zero-order chi connectivity index (χ0) is 13.5. The Morgan fingerprint density at radius 1 is 1.35 bits per heavy atom. The predicted octanol–water partition coefficient (Wildman–Crippen LogP) is 3.53. The third kappa shape index (κ3) is 1.88. The molecule has 4 rings (SSSR count). The summed E-state index contributed by atoms with van der Waals surface area (Å²) in [7, 11) is 0. The van der Waals surface area contributed by atoms with Gasteiger partial charge in [0.2, 0.25) is 5.91 Å². The Morgan fingerprint density at radius 3 is 2.95 bits per heavy atom. The molecule has 1 atom stereocenters. The van der Waals surface area contributed by atoms with E-state index < -0.39 is 0 Å². The van der Waals surface area contributed by atoms with Crippen molar-refractivity contribution in [3.8, 4) is 0 Å². The molecule has 1 unspecified atom stereocenters. The van der Waals surface area contributed by atoms with E-state index in [1.54, 1.807) is 11.3 Å². The van der Waals surface area contributed by atoms with Crippen LogP contribution in [0.15, 0.2) is 23.7 Å². The summed E-state index contributed by atoms with van der Waals surface area (Å²) >= 11 is 1.72. The van der Waals surface area contributed by atoms with E-state index in [4.69, 9.17) is 0 Å². The molecule has 20 heavy (non-hydrogen) atoms. The monoisotopic (exact) mass is 287 g/mol. The highest BCUT2D eigenvalue weighted by Crippen LogP contribution is 2.41. The normalized spacial score (nSPS) is 22.8. The second kappa shape index (κ2) is 4.74. The highest BCUT2D eigenvalue weighted by atomic mass is 32.1. The molecule has 5 heteroatoms. The first-order valence-corrected chi connectivity index (χ1v) is 8.11. The molecule has 1 amide bonds. The summed E-state index contributed by atoms with van der Waals surface area (Å²) in [4.78, 5) is 13.3. The molecule has 2 aromatic rings. The number of nitrogens with one attached hydrogen (secondary N) is 1. The molecule has 3 heterocycles. The number of thiophene rings is 1. The summed E-state index contributed by atoms with van der Waals surface area (Å²) in [6, 6.07) is 4.62. The fraction of sp³-hybridized carbons (Fsp3) is 0.467. The summed E-state index contributed by atoms with van der Waals surface area (Å²) in [5.74, 6) is 1.22. The number of anilines is 1. The fourth-order valence-electron chi connectivity index (χ4n) is 3.41. The largest absolute Gasteiger partial charge is 0.311 e. The van der Waals surface area contributed by atoms with E-state index in [1.165, 1.54) is 36.1 Å². The minimum Gasteiger partial charge on any atom is -0.311 e. The molecule has 4 nitrogen and oxygen atoms in total. The molecule has 2 aromatic heterocycles. The number of aromatic nitrogens is 2. The Hall–Kier alpha value is -1.62. The Balaban J connectivity index is 1.76. The first-order chi connectivity index (χ1) is 9.83. The van der Waals surface area contributed by atoms with Gasteiger partial charge in [-0.25, -0.2) is 4.68 Å². The molecule has 104 valence electrons. The molecule has 0 aromatic carbocycles. The van der Waals surface area contributed by atoms with Crippen molar-refractivity contribution in [1.29, 1.82) is 0 Å². The predicted molar refractivity (Wildman–Crippen MR) is 79.1 cm³/mol. The first kappa shape index (κ1) is 12.1. The molecule has 1 saturated carbocycles. The first-order valence-electron chi connectivity index (χ1n) is 7.23. The van der Waals surface area contributed by atoms with Crippen molar-refractivity contribution in [3.63, 3.8) is 0 Å². The van der Waals surface area contributed by atoms with Crippen molar-refractivity contribution in [2.45, 2.75) is 44.1 Å². The smallest absolute Gasteiger partial charge is 0.226 e. The lowest BCUT2D eigenvalue weighted by Gasteiger charge is -2.24. The second-order valence-electron chi connectivity index (χ2n) is 5.65. The standard InChI is InChI=1S/C15H17N3OS/c19-14-8-11(13-6-3-7-20-13)12-9-16-18(15(12)17-14)10-4-1-2-5-10/h3,6-7,9-11H,1-2,4-5,8H2,(H,17,19). The van der Waals surface area contributed by atoms with Crippen molar-refractivity contribution in [1.82, 2.24) is 9.78 Å².